The molecule has 5 nitrogen and oxygen atoms in total. The van der Waals surface area contributed by atoms with E-state index in [-0.39, 0.29) is 0 Å². The van der Waals surface area contributed by atoms with Gasteiger partial charge < -0.3 is 8.83 Å². The molecule has 0 radical (unpaired) electrons. The van der Waals surface area contributed by atoms with Crippen LogP contribution in [0.4, 0.5) is 0 Å². The Bertz CT molecular complexity index is 2830. The Morgan fingerprint density at radius 1 is 0.333 bits per heavy atom. The lowest BCUT2D eigenvalue weighted by atomic mass is 10.0. The maximum Gasteiger partial charge on any atom is 0.167 e. The van der Waals surface area contributed by atoms with Crippen LogP contribution in [0.1, 0.15) is 0 Å². The molecule has 0 aliphatic rings. The third kappa shape index (κ3) is 4.29. The van der Waals surface area contributed by atoms with E-state index < -0.39 is 0 Å². The van der Waals surface area contributed by atoms with E-state index in [2.05, 4.69) is 97.1 Å². The molecule has 0 saturated carbocycles. The average molecular weight is 616 g/mol. The lowest BCUT2D eigenvalue weighted by Crippen LogP contribution is -2.00. The van der Waals surface area contributed by atoms with Crippen molar-refractivity contribution >= 4 is 54.6 Å². The van der Waals surface area contributed by atoms with Gasteiger partial charge in [-0.15, -0.1) is 0 Å². The number of benzene rings is 7. The molecule has 0 unspecified atom stereocenters. The van der Waals surface area contributed by atoms with Crippen molar-refractivity contribution in [3.05, 3.63) is 152 Å². The molecule has 5 heteroatoms. The summed E-state index contributed by atoms with van der Waals surface area (Å²) in [5.41, 5.74) is 8.27. The van der Waals surface area contributed by atoms with Gasteiger partial charge in [-0.1, -0.05) is 115 Å². The summed E-state index contributed by atoms with van der Waals surface area (Å²) in [6.45, 7) is 0. The first-order valence-electron chi connectivity index (χ1n) is 15.9. The fraction of sp³-hybridized carbons (Fsp3) is 0. The zero-order chi connectivity index (χ0) is 31.6. The Morgan fingerprint density at radius 3 is 1.75 bits per heavy atom. The third-order valence-corrected chi connectivity index (χ3v) is 9.12. The van der Waals surface area contributed by atoms with Crippen LogP contribution in [0, 0.1) is 0 Å². The van der Waals surface area contributed by atoms with Gasteiger partial charge in [-0.05, 0) is 58.3 Å². The molecule has 0 spiro atoms. The number of aromatic nitrogens is 3. The fourth-order valence-corrected chi connectivity index (χ4v) is 6.73. The van der Waals surface area contributed by atoms with E-state index >= 15 is 0 Å². The molecule has 0 aliphatic carbocycles. The number of furan rings is 2. The Balaban J connectivity index is 1.17. The van der Waals surface area contributed by atoms with E-state index in [1.165, 1.54) is 0 Å². The van der Waals surface area contributed by atoms with Crippen molar-refractivity contribution in [1.29, 1.82) is 0 Å². The van der Waals surface area contributed by atoms with E-state index in [0.29, 0.717) is 17.5 Å². The second-order valence-corrected chi connectivity index (χ2v) is 12.0. The van der Waals surface area contributed by atoms with E-state index in [9.17, 15) is 0 Å². The highest BCUT2D eigenvalue weighted by atomic mass is 16.3. The Kier molecular flexibility index (Phi) is 5.81. The Morgan fingerprint density at radius 2 is 0.938 bits per heavy atom. The number of hydrogen-bond donors (Lipinski definition) is 0. The highest BCUT2D eigenvalue weighted by Crippen LogP contribution is 2.37. The van der Waals surface area contributed by atoms with Crippen LogP contribution in [0.15, 0.2) is 160 Å². The first kappa shape index (κ1) is 26.6. The zero-order valence-corrected chi connectivity index (χ0v) is 25.6. The lowest BCUT2D eigenvalue weighted by Gasteiger charge is -2.10. The molecule has 0 amide bonds. The highest BCUT2D eigenvalue weighted by Gasteiger charge is 2.18. The topological polar surface area (TPSA) is 65.0 Å². The lowest BCUT2D eigenvalue weighted by molar-refractivity contribution is 0.669. The first-order chi connectivity index (χ1) is 23.7. The predicted molar refractivity (Wildman–Crippen MR) is 194 cm³/mol. The largest absolute Gasteiger partial charge is 0.456 e. The van der Waals surface area contributed by atoms with Crippen LogP contribution in [-0.4, -0.2) is 15.0 Å². The summed E-state index contributed by atoms with van der Waals surface area (Å²) < 4.78 is 12.6. The molecular formula is C43H25N3O2. The van der Waals surface area contributed by atoms with Crippen LogP contribution in [0.5, 0.6) is 0 Å². The van der Waals surface area contributed by atoms with Crippen LogP contribution < -0.4 is 0 Å². The quantitative estimate of drug-likeness (QED) is 0.197. The van der Waals surface area contributed by atoms with Crippen molar-refractivity contribution in [2.24, 2.45) is 0 Å². The number of hydrogen-bond acceptors (Lipinski definition) is 5. The molecular weight excluding hydrogens is 590 g/mol. The van der Waals surface area contributed by atoms with Crippen LogP contribution in [0.2, 0.25) is 0 Å². The maximum atomic E-state index is 6.41. The van der Waals surface area contributed by atoms with Crippen molar-refractivity contribution < 1.29 is 8.83 Å². The predicted octanol–water partition coefficient (Wildman–Crippen LogP) is 11.5. The molecule has 0 N–H and O–H groups in total. The van der Waals surface area contributed by atoms with Crippen molar-refractivity contribution in [2.45, 2.75) is 0 Å². The monoisotopic (exact) mass is 615 g/mol. The van der Waals surface area contributed by atoms with Gasteiger partial charge in [-0.25, -0.2) is 15.0 Å². The van der Waals surface area contributed by atoms with Crippen LogP contribution in [0.3, 0.4) is 0 Å². The summed E-state index contributed by atoms with van der Waals surface area (Å²) in [6, 6.07) is 51.8. The number of rotatable bonds is 4. The van der Waals surface area contributed by atoms with Gasteiger partial charge in [-0.2, -0.15) is 0 Å². The van der Waals surface area contributed by atoms with Gasteiger partial charge in [0.1, 0.15) is 22.3 Å². The van der Waals surface area contributed by atoms with Crippen LogP contribution >= 0.6 is 0 Å². The smallest absolute Gasteiger partial charge is 0.167 e. The Labute approximate surface area is 274 Å². The molecule has 0 aliphatic heterocycles. The minimum atomic E-state index is 0.558. The minimum Gasteiger partial charge on any atom is -0.456 e. The number of nitrogens with zero attached hydrogens (tertiary/aromatic N) is 3. The fourth-order valence-electron chi connectivity index (χ4n) is 6.73. The second kappa shape index (κ2) is 10.5. The third-order valence-electron chi connectivity index (χ3n) is 9.12. The Hall–Kier alpha value is -6.59. The highest BCUT2D eigenvalue weighted by molar-refractivity contribution is 6.11. The van der Waals surface area contributed by atoms with Crippen molar-refractivity contribution in [3.8, 4) is 45.3 Å². The second-order valence-electron chi connectivity index (χ2n) is 12.0. The van der Waals surface area contributed by atoms with Gasteiger partial charge >= 0.3 is 0 Å². The summed E-state index contributed by atoms with van der Waals surface area (Å²) >= 11 is 0. The van der Waals surface area contributed by atoms with E-state index in [0.717, 1.165) is 82.5 Å². The zero-order valence-electron chi connectivity index (χ0n) is 25.6. The van der Waals surface area contributed by atoms with E-state index in [1.807, 2.05) is 54.6 Å². The summed E-state index contributed by atoms with van der Waals surface area (Å²) in [5.74, 6) is 1.75. The molecule has 7 aromatic carbocycles. The van der Waals surface area contributed by atoms with Gasteiger partial charge in [0.25, 0.3) is 0 Å². The maximum absolute atomic E-state index is 6.41. The van der Waals surface area contributed by atoms with Gasteiger partial charge in [0.05, 0.1) is 5.56 Å². The van der Waals surface area contributed by atoms with E-state index in [1.54, 1.807) is 0 Å². The van der Waals surface area contributed by atoms with Crippen molar-refractivity contribution in [3.63, 3.8) is 0 Å². The van der Waals surface area contributed by atoms with Crippen molar-refractivity contribution in [2.75, 3.05) is 0 Å². The summed E-state index contributed by atoms with van der Waals surface area (Å²) in [6.07, 6.45) is 0. The van der Waals surface area contributed by atoms with Gasteiger partial charge in [0, 0.05) is 32.7 Å². The van der Waals surface area contributed by atoms with E-state index in [4.69, 9.17) is 23.8 Å². The molecule has 48 heavy (non-hydrogen) atoms. The van der Waals surface area contributed by atoms with Gasteiger partial charge in [0.2, 0.25) is 0 Å². The molecule has 0 bridgehead atoms. The standard InChI is InChI=1S/C43H25N3O2/c1-2-9-26(10-3-1)27-17-19-28(20-18-27)41-44-42(46-43(45-41)35-14-8-13-34-32-11-4-7-16-38(32)48-40(34)35)30-22-21-29-25-39-36(24-31(29)23-30)33-12-5-6-15-37(33)47-39/h1-25H. The SMILES string of the molecule is c1ccc(-c2ccc(-c3nc(-c4ccc5cc6oc7ccccc7c6cc5c4)nc(-c4cccc5c4oc4ccccc45)n3)cc2)cc1. The van der Waals surface area contributed by atoms with Gasteiger partial charge in [-0.3, -0.25) is 0 Å². The normalized spacial score (nSPS) is 11.8. The number of para-hydroxylation sites is 3. The molecule has 3 aromatic heterocycles. The summed E-state index contributed by atoms with van der Waals surface area (Å²) in [7, 11) is 0. The van der Waals surface area contributed by atoms with Crippen LogP contribution in [0.25, 0.3) is 99.9 Å². The molecule has 0 saturated heterocycles. The molecule has 10 rings (SSSR count). The summed E-state index contributed by atoms with van der Waals surface area (Å²) in [5, 5.41) is 6.45. The van der Waals surface area contributed by atoms with Crippen molar-refractivity contribution in [1.82, 2.24) is 15.0 Å². The minimum absolute atomic E-state index is 0.558. The average Bonchev–Trinajstić information content (AvgIpc) is 3.72. The molecule has 10 aromatic rings. The first-order valence-corrected chi connectivity index (χ1v) is 15.9. The molecule has 0 atom stereocenters. The van der Waals surface area contributed by atoms with Crippen LogP contribution in [-0.2, 0) is 0 Å². The molecule has 0 fully saturated rings. The molecule has 3 heterocycles. The number of fused-ring (bicyclic) bond motifs is 7. The van der Waals surface area contributed by atoms with Gasteiger partial charge in [0.15, 0.2) is 17.5 Å². The molecule has 224 valence electrons. The summed E-state index contributed by atoms with van der Waals surface area (Å²) in [4.78, 5) is 15.2.